The van der Waals surface area contributed by atoms with Crippen LogP contribution in [0.3, 0.4) is 0 Å². The number of nitrogens with zero attached hydrogens (tertiary/aromatic N) is 2. The molecule has 2 aliphatic rings. The molecule has 2 heterocycles. The van der Waals surface area contributed by atoms with E-state index in [0.29, 0.717) is 24.3 Å². The molecular formula is C16H20N2O4. The van der Waals surface area contributed by atoms with Crippen LogP contribution in [0.25, 0.3) is 0 Å². The molecule has 0 unspecified atom stereocenters. The lowest BCUT2D eigenvalue weighted by molar-refractivity contribution is -0.143. The summed E-state index contributed by atoms with van der Waals surface area (Å²) in [5.41, 5.74) is -0.375. The van der Waals surface area contributed by atoms with Gasteiger partial charge in [-0.25, -0.2) is 4.79 Å². The Morgan fingerprint density at radius 3 is 2.73 bits per heavy atom. The van der Waals surface area contributed by atoms with E-state index < -0.39 is 17.7 Å². The molecule has 0 bridgehead atoms. The Morgan fingerprint density at radius 1 is 1.41 bits per heavy atom. The van der Waals surface area contributed by atoms with Crippen LogP contribution in [-0.4, -0.2) is 45.2 Å². The SMILES string of the molecule is CC1CCC2(CC1)OC[C@H](C(=O)O)N2C(=O)c1cccnc1. The van der Waals surface area contributed by atoms with Crippen LogP contribution in [-0.2, 0) is 9.53 Å². The molecular weight excluding hydrogens is 284 g/mol. The van der Waals surface area contributed by atoms with Gasteiger partial charge in [-0.2, -0.15) is 0 Å². The van der Waals surface area contributed by atoms with Gasteiger partial charge in [0.2, 0.25) is 0 Å². The van der Waals surface area contributed by atoms with E-state index in [1.54, 1.807) is 18.3 Å². The Morgan fingerprint density at radius 2 is 2.14 bits per heavy atom. The zero-order valence-corrected chi connectivity index (χ0v) is 12.6. The van der Waals surface area contributed by atoms with Gasteiger partial charge in [-0.15, -0.1) is 0 Å². The number of amides is 1. The maximum absolute atomic E-state index is 12.9. The Bertz CT molecular complexity index is 567. The second-order valence-electron chi connectivity index (χ2n) is 6.21. The second kappa shape index (κ2) is 5.68. The normalized spacial score (nSPS) is 31.4. The maximum Gasteiger partial charge on any atom is 0.328 e. The minimum Gasteiger partial charge on any atom is -0.480 e. The van der Waals surface area contributed by atoms with Crippen molar-refractivity contribution in [3.63, 3.8) is 0 Å². The maximum atomic E-state index is 12.9. The molecule has 118 valence electrons. The average molecular weight is 304 g/mol. The number of carboxylic acid groups (broad SMARTS) is 1. The number of pyridine rings is 1. The zero-order valence-electron chi connectivity index (χ0n) is 12.6. The lowest BCUT2D eigenvalue weighted by atomic mass is 9.83. The Balaban J connectivity index is 1.94. The van der Waals surface area contributed by atoms with E-state index in [1.165, 1.54) is 11.1 Å². The van der Waals surface area contributed by atoms with Crippen LogP contribution in [0, 0.1) is 5.92 Å². The van der Waals surface area contributed by atoms with Crippen LogP contribution in [0.4, 0.5) is 0 Å². The molecule has 1 aromatic rings. The molecule has 1 saturated carbocycles. The lowest BCUT2D eigenvalue weighted by Crippen LogP contribution is -2.55. The third kappa shape index (κ3) is 2.47. The highest BCUT2D eigenvalue weighted by Gasteiger charge is 2.53. The summed E-state index contributed by atoms with van der Waals surface area (Å²) in [5.74, 6) is -0.756. The molecule has 22 heavy (non-hydrogen) atoms. The molecule has 1 aliphatic heterocycles. The van der Waals surface area contributed by atoms with Gasteiger partial charge in [-0.3, -0.25) is 14.7 Å². The summed E-state index contributed by atoms with van der Waals surface area (Å²) >= 11 is 0. The van der Waals surface area contributed by atoms with Gasteiger partial charge in [0, 0.05) is 12.4 Å². The summed E-state index contributed by atoms with van der Waals surface area (Å²) in [6.07, 6.45) is 6.29. The topological polar surface area (TPSA) is 79.7 Å². The van der Waals surface area contributed by atoms with Crippen LogP contribution in [0.1, 0.15) is 43.0 Å². The standard InChI is InChI=1S/C16H20N2O4/c1-11-4-6-16(7-5-11)18(13(10-22-16)15(20)21)14(19)12-3-2-8-17-9-12/h2-3,8-9,11,13H,4-7,10H2,1H3,(H,20,21)/t11?,13-,16?/m1/s1. The molecule has 6 heteroatoms. The van der Waals surface area contributed by atoms with Gasteiger partial charge < -0.3 is 9.84 Å². The van der Waals surface area contributed by atoms with Crippen LogP contribution in [0.15, 0.2) is 24.5 Å². The van der Waals surface area contributed by atoms with Crippen LogP contribution >= 0.6 is 0 Å². The van der Waals surface area contributed by atoms with Crippen molar-refractivity contribution in [3.05, 3.63) is 30.1 Å². The van der Waals surface area contributed by atoms with Gasteiger partial charge in [0.1, 0.15) is 5.72 Å². The van der Waals surface area contributed by atoms with Crippen molar-refractivity contribution in [2.45, 2.75) is 44.4 Å². The first-order valence-electron chi connectivity index (χ1n) is 7.64. The average Bonchev–Trinajstić information content (AvgIpc) is 2.90. The second-order valence-corrected chi connectivity index (χ2v) is 6.21. The third-order valence-electron chi connectivity index (χ3n) is 4.73. The van der Waals surface area contributed by atoms with Gasteiger partial charge in [0.25, 0.3) is 5.91 Å². The van der Waals surface area contributed by atoms with E-state index in [2.05, 4.69) is 11.9 Å². The number of ether oxygens (including phenoxy) is 1. The predicted molar refractivity (Wildman–Crippen MR) is 78.1 cm³/mol. The number of hydrogen-bond acceptors (Lipinski definition) is 4. The molecule has 2 fully saturated rings. The highest BCUT2D eigenvalue weighted by atomic mass is 16.5. The number of rotatable bonds is 2. The van der Waals surface area contributed by atoms with E-state index >= 15 is 0 Å². The molecule has 1 N–H and O–H groups in total. The summed E-state index contributed by atoms with van der Waals surface area (Å²) in [6, 6.07) is 2.41. The van der Waals surface area contributed by atoms with Crippen LogP contribution < -0.4 is 0 Å². The smallest absolute Gasteiger partial charge is 0.328 e. The van der Waals surface area contributed by atoms with Gasteiger partial charge in [-0.05, 0) is 43.7 Å². The first-order valence-corrected chi connectivity index (χ1v) is 7.64. The molecule has 1 saturated heterocycles. The number of carboxylic acids is 1. The summed E-state index contributed by atoms with van der Waals surface area (Å²) < 4.78 is 5.86. The summed E-state index contributed by atoms with van der Waals surface area (Å²) in [7, 11) is 0. The molecule has 1 aliphatic carbocycles. The number of aliphatic carboxylic acids is 1. The first kappa shape index (κ1) is 15.0. The molecule has 1 spiro atoms. The minimum atomic E-state index is -1.02. The highest BCUT2D eigenvalue weighted by molar-refractivity contribution is 5.97. The van der Waals surface area contributed by atoms with Crippen molar-refractivity contribution < 1.29 is 19.4 Å². The fourth-order valence-corrected chi connectivity index (χ4v) is 3.40. The molecule has 1 aromatic heterocycles. The molecule has 1 amide bonds. The number of carbonyl (C=O) groups is 2. The molecule has 6 nitrogen and oxygen atoms in total. The van der Waals surface area contributed by atoms with E-state index in [0.717, 1.165) is 12.8 Å². The minimum absolute atomic E-state index is 0.0513. The summed E-state index contributed by atoms with van der Waals surface area (Å²) in [5, 5.41) is 9.46. The van der Waals surface area contributed by atoms with Crippen molar-refractivity contribution in [3.8, 4) is 0 Å². The highest BCUT2D eigenvalue weighted by Crippen LogP contribution is 2.42. The number of aromatic nitrogens is 1. The largest absolute Gasteiger partial charge is 0.480 e. The van der Waals surface area contributed by atoms with E-state index in [9.17, 15) is 14.7 Å². The number of hydrogen-bond donors (Lipinski definition) is 1. The van der Waals surface area contributed by atoms with Crippen molar-refractivity contribution in [1.29, 1.82) is 0 Å². The summed E-state index contributed by atoms with van der Waals surface area (Å²) in [4.78, 5) is 29.8. The predicted octanol–water partition coefficient (Wildman–Crippen LogP) is 1.91. The fourth-order valence-electron chi connectivity index (χ4n) is 3.40. The van der Waals surface area contributed by atoms with Crippen molar-refractivity contribution in [1.82, 2.24) is 9.88 Å². The van der Waals surface area contributed by atoms with E-state index in [4.69, 9.17) is 4.74 Å². The lowest BCUT2D eigenvalue weighted by Gasteiger charge is -2.42. The third-order valence-corrected chi connectivity index (χ3v) is 4.73. The van der Waals surface area contributed by atoms with Crippen molar-refractivity contribution >= 4 is 11.9 Å². The van der Waals surface area contributed by atoms with Gasteiger partial charge in [-0.1, -0.05) is 6.92 Å². The summed E-state index contributed by atoms with van der Waals surface area (Å²) in [6.45, 7) is 2.22. The Kier molecular flexibility index (Phi) is 3.87. The zero-order chi connectivity index (χ0) is 15.7. The first-order chi connectivity index (χ1) is 10.5. The fraction of sp³-hybridized carbons (Fsp3) is 0.562. The Labute approximate surface area is 129 Å². The van der Waals surface area contributed by atoms with Crippen molar-refractivity contribution in [2.75, 3.05) is 6.61 Å². The quantitative estimate of drug-likeness (QED) is 0.903. The van der Waals surface area contributed by atoms with Crippen molar-refractivity contribution in [2.24, 2.45) is 5.92 Å². The van der Waals surface area contributed by atoms with E-state index in [1.807, 2.05) is 0 Å². The Hall–Kier alpha value is -1.95. The molecule has 1 atom stereocenters. The van der Waals surface area contributed by atoms with Crippen LogP contribution in [0.2, 0.25) is 0 Å². The number of carbonyl (C=O) groups excluding carboxylic acids is 1. The van der Waals surface area contributed by atoms with Gasteiger partial charge in [0.05, 0.1) is 12.2 Å². The van der Waals surface area contributed by atoms with Gasteiger partial charge >= 0.3 is 5.97 Å². The van der Waals surface area contributed by atoms with Crippen LogP contribution in [0.5, 0.6) is 0 Å². The molecule has 0 aromatic carbocycles. The molecule has 0 radical (unpaired) electrons. The van der Waals surface area contributed by atoms with Gasteiger partial charge in [0.15, 0.2) is 6.04 Å². The molecule has 3 rings (SSSR count). The van der Waals surface area contributed by atoms with E-state index in [-0.39, 0.29) is 12.5 Å². The monoisotopic (exact) mass is 304 g/mol.